The summed E-state index contributed by atoms with van der Waals surface area (Å²) in [5, 5.41) is 11.2. The highest BCUT2D eigenvalue weighted by molar-refractivity contribution is 9.11. The molecule has 2 N–H and O–H groups in total. The molecule has 18 heavy (non-hydrogen) atoms. The van der Waals surface area contributed by atoms with E-state index in [1.54, 1.807) is 6.92 Å². The fraction of sp³-hybridized carbons (Fsp3) is 0.545. The van der Waals surface area contributed by atoms with Crippen molar-refractivity contribution < 1.29 is 24.2 Å². The van der Waals surface area contributed by atoms with Crippen LogP contribution in [0.1, 0.15) is 26.2 Å². The first kappa shape index (κ1) is 16.6. The fourth-order valence-electron chi connectivity index (χ4n) is 1.14. The predicted octanol–water partition coefficient (Wildman–Crippen LogP) is 1.20. The lowest BCUT2D eigenvalue weighted by atomic mass is 10.2. The maximum Gasteiger partial charge on any atom is 0.326 e. The summed E-state index contributed by atoms with van der Waals surface area (Å²) in [6, 6.07) is -1.05. The summed E-state index contributed by atoms with van der Waals surface area (Å²) < 4.78 is 5.13. The maximum atomic E-state index is 11.4. The van der Waals surface area contributed by atoms with Gasteiger partial charge in [0.1, 0.15) is 6.04 Å². The summed E-state index contributed by atoms with van der Waals surface area (Å²) in [4.78, 5) is 33.3. The molecule has 0 fully saturated rings. The smallest absolute Gasteiger partial charge is 0.326 e. The summed E-state index contributed by atoms with van der Waals surface area (Å²) in [6.07, 6.45) is -0.0842. The molecule has 0 aliphatic carbocycles. The van der Waals surface area contributed by atoms with Gasteiger partial charge in [0.15, 0.2) is 0 Å². The second kappa shape index (κ2) is 8.68. The van der Waals surface area contributed by atoms with E-state index in [0.717, 1.165) is 0 Å². The number of amides is 1. The van der Waals surface area contributed by atoms with Gasteiger partial charge in [-0.1, -0.05) is 22.5 Å². The van der Waals surface area contributed by atoms with Crippen LogP contribution in [0.25, 0.3) is 0 Å². The van der Waals surface area contributed by atoms with Gasteiger partial charge in [0.05, 0.1) is 13.0 Å². The quantitative estimate of drug-likeness (QED) is 0.655. The minimum Gasteiger partial charge on any atom is -0.480 e. The molecule has 102 valence electrons. The number of esters is 1. The fourth-order valence-corrected chi connectivity index (χ4v) is 1.46. The highest BCUT2D eigenvalue weighted by Crippen LogP contribution is 2.10. The third-order valence-electron chi connectivity index (χ3n) is 1.92. The van der Waals surface area contributed by atoms with Crippen molar-refractivity contribution in [2.75, 3.05) is 6.61 Å². The topological polar surface area (TPSA) is 92.7 Å². The van der Waals surface area contributed by atoms with E-state index in [4.69, 9.17) is 5.11 Å². The largest absolute Gasteiger partial charge is 0.480 e. The van der Waals surface area contributed by atoms with Gasteiger partial charge in [-0.3, -0.25) is 9.59 Å². The Bertz CT molecular complexity index is 342. The zero-order valence-corrected chi connectivity index (χ0v) is 11.7. The number of carbonyl (C=O) groups is 3. The molecule has 0 bridgehead atoms. The lowest BCUT2D eigenvalue weighted by Crippen LogP contribution is -2.40. The van der Waals surface area contributed by atoms with Gasteiger partial charge in [-0.2, -0.15) is 0 Å². The van der Waals surface area contributed by atoms with Crippen molar-refractivity contribution in [3.8, 4) is 0 Å². The number of ether oxygens (including phenoxy) is 1. The second-order valence-corrected chi connectivity index (χ2v) is 4.61. The lowest BCUT2D eigenvalue weighted by molar-refractivity contribution is -0.144. The first-order valence-electron chi connectivity index (χ1n) is 5.37. The Hall–Kier alpha value is -1.37. The van der Waals surface area contributed by atoms with Gasteiger partial charge in [-0.15, -0.1) is 0 Å². The highest BCUT2D eigenvalue weighted by Gasteiger charge is 2.20. The van der Waals surface area contributed by atoms with Crippen LogP contribution >= 0.6 is 15.9 Å². The molecule has 7 heteroatoms. The molecule has 0 heterocycles. The number of hydrogen-bond acceptors (Lipinski definition) is 4. The van der Waals surface area contributed by atoms with Crippen molar-refractivity contribution in [1.29, 1.82) is 0 Å². The number of carbonyl (C=O) groups excluding carboxylic acids is 2. The minimum absolute atomic E-state index is 0.0682. The predicted molar refractivity (Wildman–Crippen MR) is 68.1 cm³/mol. The van der Waals surface area contributed by atoms with Crippen molar-refractivity contribution in [1.82, 2.24) is 5.32 Å². The number of hydrogen-bond donors (Lipinski definition) is 2. The van der Waals surface area contributed by atoms with Crippen molar-refractivity contribution in [3.05, 3.63) is 11.1 Å². The van der Waals surface area contributed by atoms with Gasteiger partial charge in [0.25, 0.3) is 0 Å². The molecule has 0 spiro atoms. The van der Waals surface area contributed by atoms with Crippen molar-refractivity contribution in [3.63, 3.8) is 0 Å². The summed E-state index contributed by atoms with van der Waals surface area (Å²) >= 11 is 3.03. The van der Waals surface area contributed by atoms with Crippen molar-refractivity contribution in [2.45, 2.75) is 32.2 Å². The number of halogens is 1. The van der Waals surface area contributed by atoms with E-state index >= 15 is 0 Å². The molecule has 0 aliphatic rings. The number of nitrogens with one attached hydrogen (secondary N) is 1. The molecule has 0 radical (unpaired) electrons. The Morgan fingerprint density at radius 1 is 1.39 bits per heavy atom. The lowest BCUT2D eigenvalue weighted by Gasteiger charge is -2.13. The van der Waals surface area contributed by atoms with E-state index in [9.17, 15) is 14.4 Å². The van der Waals surface area contributed by atoms with Crippen LogP contribution in [0.3, 0.4) is 0 Å². The molecule has 0 saturated heterocycles. The van der Waals surface area contributed by atoms with Crippen LogP contribution in [0.4, 0.5) is 0 Å². The molecule has 0 aliphatic heterocycles. The second-order valence-electron chi connectivity index (χ2n) is 3.48. The van der Waals surface area contributed by atoms with Gasteiger partial charge in [-0.25, -0.2) is 4.79 Å². The molecule has 0 aromatic heterocycles. The molecular weight excluding hydrogens is 306 g/mol. The molecule has 0 saturated carbocycles. The summed E-state index contributed by atoms with van der Waals surface area (Å²) in [5.74, 6) is -2.14. The Labute approximate surface area is 114 Å². The van der Waals surface area contributed by atoms with Crippen LogP contribution in [0.5, 0.6) is 0 Å². The zero-order chi connectivity index (χ0) is 14.1. The average molecular weight is 322 g/mol. The molecule has 1 amide bonds. The van der Waals surface area contributed by atoms with Gasteiger partial charge < -0.3 is 15.2 Å². The first-order valence-corrected chi connectivity index (χ1v) is 6.17. The minimum atomic E-state index is -1.15. The zero-order valence-electron chi connectivity index (χ0n) is 10.1. The normalized spacial score (nSPS) is 11.4. The SMILES string of the molecule is C=C(Br)C[C@@H](NC(=O)CCC(=O)OCC)C(=O)O. The van der Waals surface area contributed by atoms with Crippen LogP contribution in [0.15, 0.2) is 11.1 Å². The Morgan fingerprint density at radius 2 is 2.00 bits per heavy atom. The Balaban J connectivity index is 4.14. The van der Waals surface area contributed by atoms with Crippen LogP contribution in [0.2, 0.25) is 0 Å². The van der Waals surface area contributed by atoms with Crippen LogP contribution in [-0.2, 0) is 19.1 Å². The summed E-state index contributed by atoms with van der Waals surface area (Å²) in [5.41, 5.74) is 0. The maximum absolute atomic E-state index is 11.4. The van der Waals surface area contributed by atoms with Crippen molar-refractivity contribution in [2.24, 2.45) is 0 Å². The third-order valence-corrected chi connectivity index (χ3v) is 2.24. The summed E-state index contributed by atoms with van der Waals surface area (Å²) in [6.45, 7) is 5.43. The van der Waals surface area contributed by atoms with E-state index in [0.29, 0.717) is 4.48 Å². The van der Waals surface area contributed by atoms with E-state index in [1.165, 1.54) is 0 Å². The monoisotopic (exact) mass is 321 g/mol. The molecule has 0 aromatic carbocycles. The van der Waals surface area contributed by atoms with Crippen molar-refractivity contribution >= 4 is 33.8 Å². The van der Waals surface area contributed by atoms with E-state index in [2.05, 4.69) is 32.6 Å². The Kier molecular flexibility index (Phi) is 8.02. The number of aliphatic carboxylic acids is 1. The van der Waals surface area contributed by atoms with Crippen LogP contribution in [-0.4, -0.2) is 35.6 Å². The summed E-state index contributed by atoms with van der Waals surface area (Å²) in [7, 11) is 0. The molecule has 1 atom stereocenters. The average Bonchev–Trinajstić information content (AvgIpc) is 2.25. The third kappa shape index (κ3) is 7.83. The number of rotatable bonds is 8. The van der Waals surface area contributed by atoms with Gasteiger partial charge >= 0.3 is 11.9 Å². The molecule has 0 aromatic rings. The van der Waals surface area contributed by atoms with Crippen LogP contribution < -0.4 is 5.32 Å². The Morgan fingerprint density at radius 3 is 2.44 bits per heavy atom. The van der Waals surface area contributed by atoms with E-state index in [1.807, 2.05) is 0 Å². The van der Waals surface area contributed by atoms with Gasteiger partial charge in [0.2, 0.25) is 5.91 Å². The first-order chi connectivity index (χ1) is 8.36. The number of carboxylic acids is 1. The van der Waals surface area contributed by atoms with Gasteiger partial charge in [0, 0.05) is 12.8 Å². The van der Waals surface area contributed by atoms with Gasteiger partial charge in [-0.05, 0) is 11.4 Å². The molecule has 6 nitrogen and oxygen atoms in total. The number of carboxylic acid groups (broad SMARTS) is 1. The van der Waals surface area contributed by atoms with E-state index < -0.39 is 23.9 Å². The molecular formula is C11H16BrNO5. The standard InChI is InChI=1S/C11H16BrNO5/c1-3-18-10(15)5-4-9(14)13-8(11(16)17)6-7(2)12/h8H,2-6H2,1H3,(H,13,14)(H,16,17)/t8-/m1/s1. The molecule has 0 unspecified atom stereocenters. The van der Waals surface area contributed by atoms with E-state index in [-0.39, 0.29) is 25.9 Å². The highest BCUT2D eigenvalue weighted by atomic mass is 79.9. The molecule has 0 rings (SSSR count). The van der Waals surface area contributed by atoms with Crippen LogP contribution in [0, 0.1) is 0 Å².